The number of carbonyl (C=O) groups is 1. The van der Waals surface area contributed by atoms with Crippen molar-refractivity contribution in [2.75, 3.05) is 26.4 Å². The molecular formula is C26H29NO6. The van der Waals surface area contributed by atoms with Gasteiger partial charge in [-0.15, -0.1) is 0 Å². The number of carbonyl (C=O) groups excluding carboxylic acids is 1. The van der Waals surface area contributed by atoms with Crippen LogP contribution < -0.4 is 14.9 Å². The molecule has 0 radical (unpaired) electrons. The molecule has 1 aliphatic rings. The smallest absolute Gasteiger partial charge is 0.290 e. The summed E-state index contributed by atoms with van der Waals surface area (Å²) in [5, 5.41) is 10.0. The molecule has 0 spiro atoms. The average Bonchev–Trinajstić information content (AvgIpc) is 3.07. The number of aliphatic hydroxyl groups is 1. The second kappa shape index (κ2) is 9.67. The van der Waals surface area contributed by atoms with E-state index in [2.05, 4.69) is 13.8 Å². The zero-order chi connectivity index (χ0) is 23.5. The molecule has 0 fully saturated rings. The van der Waals surface area contributed by atoms with E-state index in [9.17, 15) is 14.7 Å². The molecule has 174 valence electrons. The molecule has 1 amide bonds. The van der Waals surface area contributed by atoms with Crippen LogP contribution in [0.3, 0.4) is 0 Å². The zero-order valence-electron chi connectivity index (χ0n) is 19.2. The van der Waals surface area contributed by atoms with Crippen LogP contribution in [0.4, 0.5) is 0 Å². The molecule has 1 atom stereocenters. The molecule has 7 nitrogen and oxygen atoms in total. The Morgan fingerprint density at radius 1 is 1.09 bits per heavy atom. The van der Waals surface area contributed by atoms with Crippen LogP contribution in [0.15, 0.2) is 51.7 Å². The van der Waals surface area contributed by atoms with Crippen molar-refractivity contribution in [3.63, 3.8) is 0 Å². The monoisotopic (exact) mass is 451 g/mol. The maximum absolute atomic E-state index is 13.4. The number of β-amino-alcohol motifs (C(OH)–C–C–N with tert-alkyl or cyclic N) is 1. The number of ether oxygens (including phenoxy) is 2. The lowest BCUT2D eigenvalue weighted by molar-refractivity contribution is 0.0691. The third-order valence-corrected chi connectivity index (χ3v) is 5.75. The Hall–Kier alpha value is -3.32. The maximum Gasteiger partial charge on any atom is 0.290 e. The molecule has 2 heterocycles. The SMILES string of the molecule is CCOc1cc([C@H]2c3c(oc4ccccc4c3=O)C(=O)N2CCO)ccc1OCCC(C)C. The molecular weight excluding hydrogens is 422 g/mol. The van der Waals surface area contributed by atoms with E-state index in [4.69, 9.17) is 13.9 Å². The molecule has 2 aromatic carbocycles. The fraction of sp³-hybridized carbons (Fsp3) is 0.385. The Bertz CT molecular complexity index is 1220. The number of rotatable bonds is 9. The normalized spacial score (nSPS) is 15.4. The molecule has 3 aromatic rings. The zero-order valence-corrected chi connectivity index (χ0v) is 19.2. The quantitative estimate of drug-likeness (QED) is 0.526. The van der Waals surface area contributed by atoms with Crippen LogP contribution in [0.2, 0.25) is 0 Å². The molecule has 33 heavy (non-hydrogen) atoms. The molecule has 1 aromatic heterocycles. The highest BCUT2D eigenvalue weighted by Gasteiger charge is 2.42. The molecule has 7 heteroatoms. The molecule has 1 aliphatic heterocycles. The van der Waals surface area contributed by atoms with Gasteiger partial charge in [0.25, 0.3) is 5.91 Å². The Morgan fingerprint density at radius 2 is 1.88 bits per heavy atom. The van der Waals surface area contributed by atoms with Crippen molar-refractivity contribution in [2.24, 2.45) is 5.92 Å². The molecule has 4 rings (SSSR count). The van der Waals surface area contributed by atoms with Crippen molar-refractivity contribution in [3.05, 3.63) is 69.6 Å². The molecule has 1 N–H and O–H groups in total. The van der Waals surface area contributed by atoms with Crippen LogP contribution in [-0.2, 0) is 0 Å². The molecule has 0 aliphatic carbocycles. The van der Waals surface area contributed by atoms with Gasteiger partial charge in [-0.1, -0.05) is 32.0 Å². The first-order chi connectivity index (χ1) is 16.0. The third kappa shape index (κ3) is 4.33. The summed E-state index contributed by atoms with van der Waals surface area (Å²) in [5.41, 5.74) is 1.09. The number of nitrogens with zero attached hydrogens (tertiary/aromatic N) is 1. The van der Waals surface area contributed by atoms with E-state index >= 15 is 0 Å². The van der Waals surface area contributed by atoms with Gasteiger partial charge in [0.2, 0.25) is 5.76 Å². The second-order valence-electron chi connectivity index (χ2n) is 8.47. The van der Waals surface area contributed by atoms with Crippen LogP contribution in [0.25, 0.3) is 11.0 Å². The Labute approximate surface area is 192 Å². The average molecular weight is 452 g/mol. The van der Waals surface area contributed by atoms with Gasteiger partial charge in [-0.3, -0.25) is 9.59 Å². The predicted molar refractivity (Wildman–Crippen MR) is 125 cm³/mol. The van der Waals surface area contributed by atoms with Gasteiger partial charge in [0.1, 0.15) is 5.58 Å². The minimum absolute atomic E-state index is 0.0207. The Morgan fingerprint density at radius 3 is 2.61 bits per heavy atom. The molecule has 0 saturated carbocycles. The largest absolute Gasteiger partial charge is 0.490 e. The molecule has 0 saturated heterocycles. The summed E-state index contributed by atoms with van der Waals surface area (Å²) < 4.78 is 17.6. The summed E-state index contributed by atoms with van der Waals surface area (Å²) >= 11 is 0. The molecule has 0 bridgehead atoms. The Balaban J connectivity index is 1.82. The number of amides is 1. The van der Waals surface area contributed by atoms with E-state index in [1.807, 2.05) is 19.1 Å². The minimum Gasteiger partial charge on any atom is -0.490 e. The minimum atomic E-state index is -0.690. The van der Waals surface area contributed by atoms with Crippen molar-refractivity contribution >= 4 is 16.9 Å². The van der Waals surface area contributed by atoms with Crippen molar-refractivity contribution in [2.45, 2.75) is 33.2 Å². The number of benzene rings is 2. The van der Waals surface area contributed by atoms with Gasteiger partial charge in [0.05, 0.1) is 36.8 Å². The van der Waals surface area contributed by atoms with E-state index in [-0.39, 0.29) is 29.9 Å². The lowest BCUT2D eigenvalue weighted by Gasteiger charge is -2.25. The van der Waals surface area contributed by atoms with Gasteiger partial charge < -0.3 is 23.9 Å². The van der Waals surface area contributed by atoms with Gasteiger partial charge in [0.15, 0.2) is 16.9 Å². The van der Waals surface area contributed by atoms with Crippen molar-refractivity contribution in [3.8, 4) is 11.5 Å². The van der Waals surface area contributed by atoms with Crippen molar-refractivity contribution in [1.82, 2.24) is 4.90 Å². The standard InChI is InChI=1S/C26H29NO6/c1-4-31-21-15-17(9-10-20(21)32-14-11-16(2)3)23-22-24(29)18-7-5-6-8-19(18)33-25(22)26(30)27(23)12-13-28/h5-10,15-16,23,28H,4,11-14H2,1-3H3/t23-/m0/s1. The van der Waals surface area contributed by atoms with Crippen LogP contribution in [0, 0.1) is 5.92 Å². The van der Waals surface area contributed by atoms with Gasteiger partial charge >= 0.3 is 0 Å². The summed E-state index contributed by atoms with van der Waals surface area (Å²) in [5.74, 6) is 1.29. The van der Waals surface area contributed by atoms with Crippen LogP contribution in [0.5, 0.6) is 11.5 Å². The fourth-order valence-electron chi connectivity index (χ4n) is 4.14. The van der Waals surface area contributed by atoms with E-state index in [0.29, 0.717) is 47.2 Å². The first-order valence-electron chi connectivity index (χ1n) is 11.3. The first-order valence-corrected chi connectivity index (χ1v) is 11.3. The van der Waals surface area contributed by atoms with E-state index in [0.717, 1.165) is 6.42 Å². The fourth-order valence-corrected chi connectivity index (χ4v) is 4.14. The highest BCUT2D eigenvalue weighted by atomic mass is 16.5. The lowest BCUT2D eigenvalue weighted by atomic mass is 9.98. The summed E-state index contributed by atoms with van der Waals surface area (Å²) in [6, 6.07) is 11.6. The Kier molecular flexibility index (Phi) is 6.70. The molecule has 0 unspecified atom stereocenters. The van der Waals surface area contributed by atoms with Crippen molar-refractivity contribution < 1.29 is 23.8 Å². The third-order valence-electron chi connectivity index (χ3n) is 5.75. The number of aliphatic hydroxyl groups excluding tert-OH is 1. The number of fused-ring (bicyclic) bond motifs is 2. The summed E-state index contributed by atoms with van der Waals surface area (Å²) in [7, 11) is 0. The number of hydrogen-bond donors (Lipinski definition) is 1. The predicted octanol–water partition coefficient (Wildman–Crippen LogP) is 4.15. The summed E-state index contributed by atoms with van der Waals surface area (Å²) in [4.78, 5) is 28.1. The maximum atomic E-state index is 13.4. The van der Waals surface area contributed by atoms with Gasteiger partial charge in [-0.05, 0) is 49.1 Å². The van der Waals surface area contributed by atoms with Crippen LogP contribution in [0.1, 0.15) is 54.9 Å². The van der Waals surface area contributed by atoms with Crippen LogP contribution in [-0.4, -0.2) is 42.3 Å². The van der Waals surface area contributed by atoms with Crippen LogP contribution >= 0.6 is 0 Å². The highest BCUT2D eigenvalue weighted by molar-refractivity contribution is 5.99. The highest BCUT2D eigenvalue weighted by Crippen LogP contribution is 2.40. The summed E-state index contributed by atoms with van der Waals surface area (Å²) in [6.45, 7) is 6.99. The van der Waals surface area contributed by atoms with E-state index < -0.39 is 11.9 Å². The first kappa shape index (κ1) is 22.9. The van der Waals surface area contributed by atoms with Gasteiger partial charge in [0, 0.05) is 6.54 Å². The van der Waals surface area contributed by atoms with E-state index in [1.165, 1.54) is 4.90 Å². The topological polar surface area (TPSA) is 89.2 Å². The van der Waals surface area contributed by atoms with Crippen molar-refractivity contribution in [1.29, 1.82) is 0 Å². The van der Waals surface area contributed by atoms with Gasteiger partial charge in [-0.2, -0.15) is 0 Å². The lowest BCUT2D eigenvalue weighted by Crippen LogP contribution is -2.32. The second-order valence-corrected chi connectivity index (χ2v) is 8.47. The van der Waals surface area contributed by atoms with E-state index in [1.54, 1.807) is 30.3 Å². The van der Waals surface area contributed by atoms with Gasteiger partial charge in [-0.25, -0.2) is 0 Å². The summed E-state index contributed by atoms with van der Waals surface area (Å²) in [6.07, 6.45) is 0.913. The number of hydrogen-bond acceptors (Lipinski definition) is 6. The number of para-hydroxylation sites is 1.